The lowest BCUT2D eigenvalue weighted by molar-refractivity contribution is 0.0933. The van der Waals surface area contributed by atoms with E-state index < -0.39 is 0 Å². The van der Waals surface area contributed by atoms with Gasteiger partial charge in [0.1, 0.15) is 5.69 Å². The van der Waals surface area contributed by atoms with Crippen LogP contribution in [0.2, 0.25) is 0 Å². The zero-order valence-electron chi connectivity index (χ0n) is 13.2. The van der Waals surface area contributed by atoms with E-state index in [1.54, 1.807) is 0 Å². The van der Waals surface area contributed by atoms with Crippen LogP contribution in [-0.2, 0) is 0 Å². The van der Waals surface area contributed by atoms with Gasteiger partial charge in [-0.2, -0.15) is 0 Å². The summed E-state index contributed by atoms with van der Waals surface area (Å²) in [4.78, 5) is 15.4. The Balaban J connectivity index is 2.08. The monoisotopic (exact) mass is 287 g/mol. The molecule has 1 aromatic carbocycles. The highest BCUT2D eigenvalue weighted by molar-refractivity contribution is 5.98. The predicted molar refractivity (Wildman–Crippen MR) is 88.2 cm³/mol. The number of aromatic nitrogens is 1. The van der Waals surface area contributed by atoms with Crippen molar-refractivity contribution in [3.63, 3.8) is 0 Å². The maximum absolute atomic E-state index is 12.3. The minimum absolute atomic E-state index is 0.0592. The van der Waals surface area contributed by atoms with E-state index in [1.165, 1.54) is 0 Å². The molecule has 0 bridgehead atoms. The minimum atomic E-state index is -0.0592. The van der Waals surface area contributed by atoms with E-state index in [-0.39, 0.29) is 5.91 Å². The molecule has 4 heteroatoms. The largest absolute Gasteiger partial charge is 0.399 e. The van der Waals surface area contributed by atoms with Crippen LogP contribution in [0, 0.1) is 17.8 Å². The van der Waals surface area contributed by atoms with E-state index in [2.05, 4.69) is 38.0 Å². The Labute approximate surface area is 126 Å². The summed E-state index contributed by atoms with van der Waals surface area (Å²) >= 11 is 0. The summed E-state index contributed by atoms with van der Waals surface area (Å²) in [5.41, 5.74) is 7.98. The van der Waals surface area contributed by atoms with Crippen molar-refractivity contribution < 1.29 is 4.79 Å². The van der Waals surface area contributed by atoms with Crippen LogP contribution in [0.1, 0.15) is 38.2 Å². The first-order valence-corrected chi connectivity index (χ1v) is 7.55. The summed E-state index contributed by atoms with van der Waals surface area (Å²) in [7, 11) is 0. The number of hydrogen-bond acceptors (Lipinski definition) is 2. The molecular weight excluding hydrogens is 262 g/mol. The Morgan fingerprint density at radius 1 is 1.19 bits per heavy atom. The van der Waals surface area contributed by atoms with E-state index >= 15 is 0 Å². The van der Waals surface area contributed by atoms with Crippen LogP contribution in [0.5, 0.6) is 0 Å². The molecule has 4 nitrogen and oxygen atoms in total. The fourth-order valence-electron chi connectivity index (χ4n) is 2.82. The minimum Gasteiger partial charge on any atom is -0.399 e. The van der Waals surface area contributed by atoms with Gasteiger partial charge in [-0.1, -0.05) is 27.7 Å². The Kier molecular flexibility index (Phi) is 4.56. The number of fused-ring (bicyclic) bond motifs is 1. The van der Waals surface area contributed by atoms with Gasteiger partial charge in [0.25, 0.3) is 5.91 Å². The van der Waals surface area contributed by atoms with Crippen molar-refractivity contribution in [3.8, 4) is 0 Å². The lowest BCUT2D eigenvalue weighted by Crippen LogP contribution is -2.34. The highest BCUT2D eigenvalue weighted by Crippen LogP contribution is 2.20. The number of benzene rings is 1. The number of carbonyl (C=O) groups is 1. The highest BCUT2D eigenvalue weighted by atomic mass is 16.1. The number of nitrogens with two attached hydrogens (primary N) is 1. The lowest BCUT2D eigenvalue weighted by Gasteiger charge is -2.24. The molecule has 1 heterocycles. The fourth-order valence-corrected chi connectivity index (χ4v) is 2.82. The van der Waals surface area contributed by atoms with Gasteiger partial charge in [-0.05, 0) is 42.0 Å². The van der Waals surface area contributed by atoms with Crippen molar-refractivity contribution in [2.45, 2.75) is 27.7 Å². The van der Waals surface area contributed by atoms with Gasteiger partial charge in [0.2, 0.25) is 0 Å². The molecule has 0 fully saturated rings. The van der Waals surface area contributed by atoms with E-state index in [9.17, 15) is 4.79 Å². The maximum atomic E-state index is 12.3. The second-order valence-electron chi connectivity index (χ2n) is 6.39. The molecule has 114 valence electrons. The molecule has 2 rings (SSSR count). The summed E-state index contributed by atoms with van der Waals surface area (Å²) < 4.78 is 0. The number of rotatable bonds is 5. The highest BCUT2D eigenvalue weighted by Gasteiger charge is 2.19. The number of aromatic amines is 1. The molecule has 1 aromatic heterocycles. The zero-order chi connectivity index (χ0) is 15.6. The first-order chi connectivity index (χ1) is 9.88. The zero-order valence-corrected chi connectivity index (χ0v) is 13.2. The molecule has 4 N–H and O–H groups in total. The lowest BCUT2D eigenvalue weighted by atomic mass is 9.85. The second-order valence-corrected chi connectivity index (χ2v) is 6.39. The predicted octanol–water partition coefficient (Wildman–Crippen LogP) is 3.41. The van der Waals surface area contributed by atoms with Crippen molar-refractivity contribution in [1.82, 2.24) is 10.3 Å². The van der Waals surface area contributed by atoms with Crippen LogP contribution in [0.15, 0.2) is 24.3 Å². The third-order valence-electron chi connectivity index (χ3n) is 4.10. The Morgan fingerprint density at radius 2 is 1.86 bits per heavy atom. The van der Waals surface area contributed by atoms with Crippen molar-refractivity contribution in [1.29, 1.82) is 0 Å². The van der Waals surface area contributed by atoms with E-state index in [0.717, 1.165) is 10.9 Å². The number of amides is 1. The van der Waals surface area contributed by atoms with Gasteiger partial charge < -0.3 is 16.0 Å². The molecule has 0 unspecified atom stereocenters. The SMILES string of the molecule is CC(C)C(CNC(=O)c1cc2cc(N)ccc2[nH]1)C(C)C. The number of carbonyl (C=O) groups excluding carboxylic acids is 1. The van der Waals surface area contributed by atoms with Crippen molar-refractivity contribution in [2.75, 3.05) is 12.3 Å². The van der Waals surface area contributed by atoms with Gasteiger partial charge >= 0.3 is 0 Å². The van der Waals surface area contributed by atoms with Crippen LogP contribution >= 0.6 is 0 Å². The number of anilines is 1. The van der Waals surface area contributed by atoms with Crippen LogP contribution in [-0.4, -0.2) is 17.4 Å². The van der Waals surface area contributed by atoms with Gasteiger partial charge in [-0.25, -0.2) is 0 Å². The average Bonchev–Trinajstić information content (AvgIpc) is 2.80. The van der Waals surface area contributed by atoms with Crippen LogP contribution < -0.4 is 11.1 Å². The normalized spacial score (nSPS) is 11.8. The summed E-state index contributed by atoms with van der Waals surface area (Å²) in [5, 5.41) is 4.00. The van der Waals surface area contributed by atoms with Crippen LogP contribution in [0.25, 0.3) is 10.9 Å². The molecule has 0 saturated heterocycles. The third kappa shape index (κ3) is 3.57. The topological polar surface area (TPSA) is 70.9 Å². The molecule has 21 heavy (non-hydrogen) atoms. The smallest absolute Gasteiger partial charge is 0.267 e. The average molecular weight is 287 g/mol. The van der Waals surface area contributed by atoms with Gasteiger partial charge in [0, 0.05) is 23.1 Å². The molecule has 0 aliphatic rings. The van der Waals surface area contributed by atoms with Gasteiger partial charge in [-0.15, -0.1) is 0 Å². The molecule has 2 aromatic rings. The molecule has 0 radical (unpaired) electrons. The number of hydrogen-bond donors (Lipinski definition) is 3. The standard InChI is InChI=1S/C17H25N3O/c1-10(2)14(11(3)4)9-19-17(21)16-8-12-7-13(18)5-6-15(12)20-16/h5-8,10-11,14,20H,9,18H2,1-4H3,(H,19,21). The molecule has 0 saturated carbocycles. The summed E-state index contributed by atoms with van der Waals surface area (Å²) in [6.07, 6.45) is 0. The molecular formula is C17H25N3O. The summed E-state index contributed by atoms with van der Waals surface area (Å²) in [6.45, 7) is 9.49. The quantitative estimate of drug-likeness (QED) is 0.737. The first kappa shape index (κ1) is 15.4. The Bertz CT molecular complexity index is 620. The van der Waals surface area contributed by atoms with Crippen molar-refractivity contribution >= 4 is 22.5 Å². The van der Waals surface area contributed by atoms with Crippen molar-refractivity contribution in [2.24, 2.45) is 17.8 Å². The van der Waals surface area contributed by atoms with Crippen LogP contribution in [0.3, 0.4) is 0 Å². The summed E-state index contributed by atoms with van der Waals surface area (Å²) in [5.74, 6) is 1.52. The Morgan fingerprint density at radius 3 is 2.48 bits per heavy atom. The van der Waals surface area contributed by atoms with Crippen molar-refractivity contribution in [3.05, 3.63) is 30.0 Å². The number of H-pyrrole nitrogens is 1. The molecule has 1 amide bonds. The van der Waals surface area contributed by atoms with Gasteiger partial charge in [-0.3, -0.25) is 4.79 Å². The molecule has 0 aliphatic heterocycles. The first-order valence-electron chi connectivity index (χ1n) is 7.55. The van der Waals surface area contributed by atoms with E-state index in [1.807, 2.05) is 24.3 Å². The third-order valence-corrected chi connectivity index (χ3v) is 4.10. The number of nitrogen functional groups attached to an aromatic ring is 1. The fraction of sp³-hybridized carbons (Fsp3) is 0.471. The maximum Gasteiger partial charge on any atom is 0.267 e. The van der Waals surface area contributed by atoms with Crippen LogP contribution in [0.4, 0.5) is 5.69 Å². The molecule has 0 spiro atoms. The molecule has 0 atom stereocenters. The Hall–Kier alpha value is -1.97. The second kappa shape index (κ2) is 6.20. The molecule has 0 aliphatic carbocycles. The number of nitrogens with one attached hydrogen (secondary N) is 2. The van der Waals surface area contributed by atoms with Gasteiger partial charge in [0.05, 0.1) is 0 Å². The van der Waals surface area contributed by atoms with E-state index in [0.29, 0.717) is 35.7 Å². The van der Waals surface area contributed by atoms with E-state index in [4.69, 9.17) is 5.73 Å². The van der Waals surface area contributed by atoms with Gasteiger partial charge in [0.15, 0.2) is 0 Å². The summed E-state index contributed by atoms with van der Waals surface area (Å²) in [6, 6.07) is 7.44.